The highest BCUT2D eigenvalue weighted by molar-refractivity contribution is 6.29. The van der Waals surface area contributed by atoms with Crippen LogP contribution in [0.5, 0.6) is 5.75 Å². The number of hydrogen-bond acceptors (Lipinski definition) is 6. The maximum absolute atomic E-state index is 12.4. The summed E-state index contributed by atoms with van der Waals surface area (Å²) in [5.74, 6) is -3.70. The maximum Gasteiger partial charge on any atom is 0.328 e. The van der Waals surface area contributed by atoms with Gasteiger partial charge in [0.1, 0.15) is 12.4 Å². The van der Waals surface area contributed by atoms with Gasteiger partial charge in [-0.05, 0) is 25.0 Å². The molecular formula is C16H16N2O6. The highest BCUT2D eigenvalue weighted by Gasteiger charge is 2.40. The van der Waals surface area contributed by atoms with Crippen molar-refractivity contribution in [2.24, 2.45) is 5.92 Å². The van der Waals surface area contributed by atoms with E-state index in [1.807, 2.05) is 10.6 Å². The number of amides is 4. The molecule has 2 aliphatic heterocycles. The number of imide groups is 2. The highest BCUT2D eigenvalue weighted by Crippen LogP contribution is 2.20. The molecule has 0 radical (unpaired) electrons. The summed E-state index contributed by atoms with van der Waals surface area (Å²) >= 11 is 0. The third-order valence-corrected chi connectivity index (χ3v) is 3.84. The van der Waals surface area contributed by atoms with Crippen molar-refractivity contribution in [3.63, 3.8) is 0 Å². The smallest absolute Gasteiger partial charge is 0.328 e. The predicted molar refractivity (Wildman–Crippen MR) is 80.4 cm³/mol. The number of hydrogen-bond donors (Lipinski definition) is 2. The van der Waals surface area contributed by atoms with Gasteiger partial charge in [-0.15, -0.1) is 0 Å². The molecule has 0 saturated carbocycles. The third kappa shape index (κ3) is 3.43. The Morgan fingerprint density at radius 1 is 1.21 bits per heavy atom. The molecule has 0 bridgehead atoms. The first kappa shape index (κ1) is 16.1. The molecule has 2 N–H and O–H groups in total. The summed E-state index contributed by atoms with van der Waals surface area (Å²) in [6.45, 7) is 1.09. The average molecular weight is 332 g/mol. The molecule has 8 nitrogen and oxygen atoms in total. The monoisotopic (exact) mass is 332 g/mol. The molecule has 126 valence electrons. The lowest BCUT2D eigenvalue weighted by Gasteiger charge is -2.19. The molecule has 4 amide bonds. The first-order valence-electron chi connectivity index (χ1n) is 7.59. The van der Waals surface area contributed by atoms with E-state index in [0.717, 1.165) is 19.4 Å². The van der Waals surface area contributed by atoms with Crippen LogP contribution in [0.2, 0.25) is 0 Å². The number of Topliss-reactive ketones (excluding diaryl/α,β-unsaturated/α-hetero) is 1. The van der Waals surface area contributed by atoms with Gasteiger partial charge in [-0.1, -0.05) is 12.1 Å². The molecule has 2 saturated heterocycles. The van der Waals surface area contributed by atoms with Crippen LogP contribution in [0.1, 0.15) is 23.2 Å². The minimum absolute atomic E-state index is 0.0327. The zero-order chi connectivity index (χ0) is 17.1. The second-order valence-corrected chi connectivity index (χ2v) is 5.58. The minimum atomic E-state index is -1.59. The third-order valence-electron chi connectivity index (χ3n) is 3.84. The van der Waals surface area contributed by atoms with Crippen LogP contribution >= 0.6 is 0 Å². The van der Waals surface area contributed by atoms with Gasteiger partial charge in [-0.3, -0.25) is 25.0 Å². The van der Waals surface area contributed by atoms with Crippen LogP contribution in [-0.2, 0) is 14.3 Å². The van der Waals surface area contributed by atoms with E-state index in [0.29, 0.717) is 12.4 Å². The van der Waals surface area contributed by atoms with E-state index in [2.05, 4.69) is 0 Å². The van der Waals surface area contributed by atoms with Crippen molar-refractivity contribution >= 4 is 23.6 Å². The summed E-state index contributed by atoms with van der Waals surface area (Å²) in [4.78, 5) is 47.0. The zero-order valence-corrected chi connectivity index (χ0v) is 12.7. The Bertz CT molecular complexity index is 676. The molecule has 24 heavy (non-hydrogen) atoms. The molecule has 2 heterocycles. The SMILES string of the molecule is O=C1NC(=O)C(C(=O)c2cccc(OCC3CCCO3)c2)C(=O)N1. The van der Waals surface area contributed by atoms with Crippen molar-refractivity contribution in [1.82, 2.24) is 10.6 Å². The summed E-state index contributed by atoms with van der Waals surface area (Å²) < 4.78 is 11.1. The molecule has 1 unspecified atom stereocenters. The van der Waals surface area contributed by atoms with E-state index in [9.17, 15) is 19.2 Å². The fourth-order valence-corrected chi connectivity index (χ4v) is 2.63. The van der Waals surface area contributed by atoms with E-state index in [1.165, 1.54) is 12.1 Å². The van der Waals surface area contributed by atoms with E-state index in [4.69, 9.17) is 9.47 Å². The first-order chi connectivity index (χ1) is 11.5. The van der Waals surface area contributed by atoms with Crippen LogP contribution in [0.25, 0.3) is 0 Å². The lowest BCUT2D eigenvalue weighted by atomic mass is 9.94. The number of nitrogens with one attached hydrogen (secondary N) is 2. The summed E-state index contributed by atoms with van der Waals surface area (Å²) in [5, 5.41) is 3.82. The predicted octanol–water partition coefficient (Wildman–Crippen LogP) is 0.409. The van der Waals surface area contributed by atoms with Crippen LogP contribution in [0, 0.1) is 5.92 Å². The fourth-order valence-electron chi connectivity index (χ4n) is 2.63. The maximum atomic E-state index is 12.4. The number of rotatable bonds is 5. The van der Waals surface area contributed by atoms with E-state index < -0.39 is 29.5 Å². The van der Waals surface area contributed by atoms with E-state index in [-0.39, 0.29) is 11.7 Å². The van der Waals surface area contributed by atoms with Gasteiger partial charge in [0.2, 0.25) is 11.8 Å². The van der Waals surface area contributed by atoms with Crippen molar-refractivity contribution in [3.05, 3.63) is 29.8 Å². The number of carbonyl (C=O) groups is 4. The summed E-state index contributed by atoms with van der Waals surface area (Å²) in [5.41, 5.74) is 0.157. The summed E-state index contributed by atoms with van der Waals surface area (Å²) in [6, 6.07) is 5.30. The second-order valence-electron chi connectivity index (χ2n) is 5.58. The standard InChI is InChI=1S/C16H16N2O6/c19-13(12-14(20)17-16(22)18-15(12)21)9-3-1-4-10(7-9)24-8-11-5-2-6-23-11/h1,3-4,7,11-12H,2,5-6,8H2,(H2,17,18,20,21,22). The van der Waals surface area contributed by atoms with Gasteiger partial charge < -0.3 is 9.47 Å². The Kier molecular flexibility index (Phi) is 4.57. The van der Waals surface area contributed by atoms with Crippen molar-refractivity contribution in [3.8, 4) is 5.75 Å². The van der Waals surface area contributed by atoms with Gasteiger partial charge in [0.15, 0.2) is 11.7 Å². The van der Waals surface area contributed by atoms with Crippen LogP contribution < -0.4 is 15.4 Å². The fraction of sp³-hybridized carbons (Fsp3) is 0.375. The number of benzene rings is 1. The Morgan fingerprint density at radius 3 is 2.62 bits per heavy atom. The molecule has 1 aromatic carbocycles. The topological polar surface area (TPSA) is 111 Å². The number of ketones is 1. The molecule has 2 aliphatic rings. The highest BCUT2D eigenvalue weighted by atomic mass is 16.5. The van der Waals surface area contributed by atoms with Gasteiger partial charge in [0.25, 0.3) is 0 Å². The van der Waals surface area contributed by atoms with Crippen molar-refractivity contribution in [1.29, 1.82) is 0 Å². The first-order valence-corrected chi connectivity index (χ1v) is 7.59. The van der Waals surface area contributed by atoms with E-state index in [1.54, 1.807) is 12.1 Å². The molecular weight excluding hydrogens is 316 g/mol. The van der Waals surface area contributed by atoms with E-state index >= 15 is 0 Å². The lowest BCUT2D eigenvalue weighted by molar-refractivity contribution is -0.133. The lowest BCUT2D eigenvalue weighted by Crippen LogP contribution is -2.57. The number of carbonyl (C=O) groups excluding carboxylic acids is 4. The Labute approximate surface area is 137 Å². The van der Waals surface area contributed by atoms with Crippen LogP contribution in [0.3, 0.4) is 0 Å². The van der Waals surface area contributed by atoms with Crippen molar-refractivity contribution < 1.29 is 28.7 Å². The van der Waals surface area contributed by atoms with Gasteiger partial charge >= 0.3 is 6.03 Å². The van der Waals surface area contributed by atoms with Gasteiger partial charge in [-0.25, -0.2) is 4.79 Å². The molecule has 0 aliphatic carbocycles. The summed E-state index contributed by atoms with van der Waals surface area (Å²) in [7, 11) is 0. The Morgan fingerprint density at radius 2 is 1.96 bits per heavy atom. The molecule has 1 aromatic rings. The molecule has 8 heteroatoms. The molecule has 0 spiro atoms. The van der Waals surface area contributed by atoms with Gasteiger partial charge in [0, 0.05) is 12.2 Å². The second kappa shape index (κ2) is 6.79. The van der Waals surface area contributed by atoms with Crippen LogP contribution in [0.15, 0.2) is 24.3 Å². The number of ether oxygens (including phenoxy) is 2. The summed E-state index contributed by atoms with van der Waals surface area (Å²) in [6.07, 6.45) is 1.96. The zero-order valence-electron chi connectivity index (χ0n) is 12.7. The van der Waals surface area contributed by atoms with Crippen molar-refractivity contribution in [2.45, 2.75) is 18.9 Å². The molecule has 3 rings (SSSR count). The largest absolute Gasteiger partial charge is 0.491 e. The number of urea groups is 1. The van der Waals surface area contributed by atoms with Crippen LogP contribution in [0.4, 0.5) is 4.79 Å². The number of barbiturate groups is 1. The van der Waals surface area contributed by atoms with Crippen LogP contribution in [-0.4, -0.2) is 42.9 Å². The van der Waals surface area contributed by atoms with Gasteiger partial charge in [-0.2, -0.15) is 0 Å². The normalized spacial score (nSPS) is 21.3. The average Bonchev–Trinajstić information content (AvgIpc) is 3.05. The molecule has 2 fully saturated rings. The molecule has 0 aromatic heterocycles. The van der Waals surface area contributed by atoms with Gasteiger partial charge in [0.05, 0.1) is 6.10 Å². The Balaban J connectivity index is 1.70. The molecule has 1 atom stereocenters. The Hall–Kier alpha value is -2.74. The quantitative estimate of drug-likeness (QED) is 0.597. The van der Waals surface area contributed by atoms with Crippen molar-refractivity contribution in [2.75, 3.05) is 13.2 Å². The minimum Gasteiger partial charge on any atom is -0.491 e.